The Balaban J connectivity index is 1.59. The van der Waals surface area contributed by atoms with Crippen molar-refractivity contribution in [1.29, 1.82) is 0 Å². The molecule has 0 fully saturated rings. The van der Waals surface area contributed by atoms with Gasteiger partial charge in [0, 0.05) is 5.39 Å². The lowest BCUT2D eigenvalue weighted by Crippen LogP contribution is -2.31. The van der Waals surface area contributed by atoms with Crippen LogP contribution < -0.4 is 14.8 Å². The minimum atomic E-state index is -0.227. The van der Waals surface area contributed by atoms with Crippen LogP contribution in [-0.2, 0) is 0 Å². The molecule has 1 amide bonds. The number of para-hydroxylation sites is 1. The first-order chi connectivity index (χ1) is 12.6. The lowest BCUT2D eigenvalue weighted by Gasteiger charge is -2.25. The fourth-order valence-corrected chi connectivity index (χ4v) is 3.19. The third-order valence-corrected chi connectivity index (χ3v) is 4.53. The number of amides is 1. The summed E-state index contributed by atoms with van der Waals surface area (Å²) in [6.07, 6.45) is 0. The molecule has 0 bridgehead atoms. The summed E-state index contributed by atoms with van der Waals surface area (Å²) in [4.78, 5) is 12.7. The number of nitrogens with one attached hydrogen (secondary N) is 1. The highest BCUT2D eigenvalue weighted by atomic mass is 16.6. The predicted molar refractivity (Wildman–Crippen MR) is 98.7 cm³/mol. The van der Waals surface area contributed by atoms with Gasteiger partial charge in [0.2, 0.25) is 0 Å². The molecule has 0 saturated heterocycles. The molecule has 3 aromatic rings. The summed E-state index contributed by atoms with van der Waals surface area (Å²) < 4.78 is 16.9. The van der Waals surface area contributed by atoms with Gasteiger partial charge in [0.1, 0.15) is 18.8 Å². The molecule has 5 nitrogen and oxygen atoms in total. The number of carbonyl (C=O) groups is 1. The van der Waals surface area contributed by atoms with Gasteiger partial charge in [-0.2, -0.15) is 0 Å². The van der Waals surface area contributed by atoms with Gasteiger partial charge in [-0.05, 0) is 35.7 Å². The summed E-state index contributed by atoms with van der Waals surface area (Å²) in [5.41, 5.74) is 1.69. The number of ether oxygens (including phenoxy) is 2. The van der Waals surface area contributed by atoms with E-state index in [-0.39, 0.29) is 17.9 Å². The van der Waals surface area contributed by atoms with Crippen LogP contribution in [0.5, 0.6) is 11.5 Å². The Bertz CT molecular complexity index is 911. The fraction of sp³-hybridized carbons (Fsp3) is 0.286. The molecule has 0 saturated carbocycles. The van der Waals surface area contributed by atoms with E-state index in [9.17, 15) is 4.79 Å². The molecule has 0 radical (unpaired) electrons. The minimum Gasteiger partial charge on any atom is -0.486 e. The lowest BCUT2D eigenvalue weighted by molar-refractivity contribution is 0.0899. The van der Waals surface area contributed by atoms with E-state index in [1.807, 2.05) is 42.5 Å². The summed E-state index contributed by atoms with van der Waals surface area (Å²) in [5, 5.41) is 4.00. The molecule has 1 N–H and O–H groups in total. The number of furan rings is 1. The van der Waals surface area contributed by atoms with Gasteiger partial charge in [-0.25, -0.2) is 0 Å². The Morgan fingerprint density at radius 2 is 1.77 bits per heavy atom. The summed E-state index contributed by atoms with van der Waals surface area (Å²) in [6, 6.07) is 15.0. The van der Waals surface area contributed by atoms with Gasteiger partial charge >= 0.3 is 0 Å². The van der Waals surface area contributed by atoms with Gasteiger partial charge in [-0.3, -0.25) is 4.79 Å². The van der Waals surface area contributed by atoms with E-state index in [1.54, 1.807) is 6.07 Å². The molecular formula is C21H21NO4. The monoisotopic (exact) mass is 351 g/mol. The van der Waals surface area contributed by atoms with Crippen molar-refractivity contribution in [3.8, 4) is 11.5 Å². The number of benzene rings is 2. The van der Waals surface area contributed by atoms with E-state index in [0.29, 0.717) is 24.6 Å². The Kier molecular flexibility index (Phi) is 4.29. The molecule has 0 unspecified atom stereocenters. The summed E-state index contributed by atoms with van der Waals surface area (Å²) in [5.74, 6) is 1.75. The zero-order valence-electron chi connectivity index (χ0n) is 14.8. The first-order valence-corrected chi connectivity index (χ1v) is 8.81. The highest BCUT2D eigenvalue weighted by molar-refractivity contribution is 5.96. The van der Waals surface area contributed by atoms with Gasteiger partial charge in [-0.1, -0.05) is 38.1 Å². The molecule has 5 heteroatoms. The van der Waals surface area contributed by atoms with Gasteiger partial charge in [0.15, 0.2) is 17.3 Å². The molecule has 4 rings (SSSR count). The zero-order chi connectivity index (χ0) is 18.1. The molecular weight excluding hydrogens is 330 g/mol. The molecule has 134 valence electrons. The standard InChI is InChI=1S/C21H21NO4/c1-13(2)20(15-7-8-17-18(12-15)25-10-9-24-17)22-21(23)19-11-14-5-3-4-6-16(14)26-19/h3-8,11-13,20H,9-10H2,1-2H3,(H,22,23)/t20-/m0/s1. The van der Waals surface area contributed by atoms with E-state index in [2.05, 4.69) is 19.2 Å². The second-order valence-electron chi connectivity index (χ2n) is 6.75. The number of rotatable bonds is 4. The van der Waals surface area contributed by atoms with Crippen LogP contribution in [0, 0.1) is 5.92 Å². The van der Waals surface area contributed by atoms with E-state index < -0.39 is 0 Å². The molecule has 1 aromatic heterocycles. The van der Waals surface area contributed by atoms with Gasteiger partial charge in [-0.15, -0.1) is 0 Å². The minimum absolute atomic E-state index is 0.161. The van der Waals surface area contributed by atoms with Crippen LogP contribution in [0.3, 0.4) is 0 Å². The molecule has 0 spiro atoms. The Morgan fingerprint density at radius 1 is 1.00 bits per heavy atom. The number of hydrogen-bond acceptors (Lipinski definition) is 4. The predicted octanol–water partition coefficient (Wildman–Crippen LogP) is 4.33. The van der Waals surface area contributed by atoms with Crippen LogP contribution in [-0.4, -0.2) is 19.1 Å². The number of carbonyl (C=O) groups excluding carboxylic acids is 1. The Labute approximate surface area is 151 Å². The normalized spacial score (nSPS) is 14.4. The first-order valence-electron chi connectivity index (χ1n) is 8.81. The van der Waals surface area contributed by atoms with Crippen molar-refractivity contribution >= 4 is 16.9 Å². The fourth-order valence-electron chi connectivity index (χ4n) is 3.19. The van der Waals surface area contributed by atoms with Crippen molar-refractivity contribution in [1.82, 2.24) is 5.32 Å². The van der Waals surface area contributed by atoms with Crippen LogP contribution in [0.15, 0.2) is 52.9 Å². The van der Waals surface area contributed by atoms with Crippen molar-refractivity contribution in [3.05, 3.63) is 59.9 Å². The summed E-state index contributed by atoms with van der Waals surface area (Å²) in [7, 11) is 0. The SMILES string of the molecule is CC(C)[C@H](NC(=O)c1cc2ccccc2o1)c1ccc2c(c1)OCCO2. The molecule has 2 heterocycles. The molecule has 1 aliphatic heterocycles. The van der Waals surface area contributed by atoms with Crippen LogP contribution in [0.25, 0.3) is 11.0 Å². The second kappa shape index (κ2) is 6.75. The van der Waals surface area contributed by atoms with Crippen molar-refractivity contribution in [2.45, 2.75) is 19.9 Å². The van der Waals surface area contributed by atoms with Crippen molar-refractivity contribution in [2.75, 3.05) is 13.2 Å². The van der Waals surface area contributed by atoms with E-state index in [4.69, 9.17) is 13.9 Å². The molecule has 1 atom stereocenters. The van der Waals surface area contributed by atoms with Crippen LogP contribution in [0.4, 0.5) is 0 Å². The molecule has 26 heavy (non-hydrogen) atoms. The summed E-state index contributed by atoms with van der Waals surface area (Å²) in [6.45, 7) is 5.23. The maximum absolute atomic E-state index is 12.7. The second-order valence-corrected chi connectivity index (χ2v) is 6.75. The van der Waals surface area contributed by atoms with Crippen molar-refractivity contribution in [3.63, 3.8) is 0 Å². The maximum Gasteiger partial charge on any atom is 0.287 e. The van der Waals surface area contributed by atoms with Gasteiger partial charge in [0.05, 0.1) is 6.04 Å². The Hall–Kier alpha value is -2.95. The van der Waals surface area contributed by atoms with Gasteiger partial charge in [0.25, 0.3) is 5.91 Å². The topological polar surface area (TPSA) is 60.7 Å². The van der Waals surface area contributed by atoms with Crippen LogP contribution in [0.1, 0.15) is 36.0 Å². The average Bonchev–Trinajstić information content (AvgIpc) is 3.09. The first kappa shape index (κ1) is 16.5. The third-order valence-electron chi connectivity index (χ3n) is 4.53. The lowest BCUT2D eigenvalue weighted by atomic mass is 9.95. The van der Waals surface area contributed by atoms with Crippen LogP contribution >= 0.6 is 0 Å². The average molecular weight is 351 g/mol. The highest BCUT2D eigenvalue weighted by Crippen LogP contribution is 2.34. The van der Waals surface area contributed by atoms with Crippen LogP contribution in [0.2, 0.25) is 0 Å². The quantitative estimate of drug-likeness (QED) is 0.760. The van der Waals surface area contributed by atoms with Crippen molar-refractivity contribution < 1.29 is 18.7 Å². The van der Waals surface area contributed by atoms with E-state index in [1.165, 1.54) is 0 Å². The largest absolute Gasteiger partial charge is 0.486 e. The Morgan fingerprint density at radius 3 is 2.54 bits per heavy atom. The van der Waals surface area contributed by atoms with E-state index >= 15 is 0 Å². The van der Waals surface area contributed by atoms with E-state index in [0.717, 1.165) is 22.4 Å². The number of hydrogen-bond donors (Lipinski definition) is 1. The molecule has 0 aliphatic carbocycles. The highest BCUT2D eigenvalue weighted by Gasteiger charge is 2.23. The molecule has 1 aliphatic rings. The maximum atomic E-state index is 12.7. The third kappa shape index (κ3) is 3.12. The smallest absolute Gasteiger partial charge is 0.287 e. The molecule has 2 aromatic carbocycles. The number of fused-ring (bicyclic) bond motifs is 2. The summed E-state index contributed by atoms with van der Waals surface area (Å²) >= 11 is 0. The van der Waals surface area contributed by atoms with Crippen molar-refractivity contribution in [2.24, 2.45) is 5.92 Å². The zero-order valence-corrected chi connectivity index (χ0v) is 14.8. The van der Waals surface area contributed by atoms with Gasteiger partial charge < -0.3 is 19.2 Å².